The van der Waals surface area contributed by atoms with E-state index >= 15 is 0 Å². The second-order valence-corrected chi connectivity index (χ2v) is 9.55. The fourth-order valence-electron chi connectivity index (χ4n) is 4.57. The SMILES string of the molecule is Cc1c(COc2cccc(OCCOCC3CCOCC3)c2)nc2ccccc2c1OCc1ccccc1. The first-order valence-corrected chi connectivity index (χ1v) is 13.3. The van der Waals surface area contributed by atoms with Crippen molar-refractivity contribution in [3.8, 4) is 17.2 Å². The first-order valence-electron chi connectivity index (χ1n) is 13.3. The zero-order chi connectivity index (χ0) is 26.0. The molecular weight excluding hydrogens is 478 g/mol. The molecule has 0 N–H and O–H groups in total. The predicted octanol–water partition coefficient (Wildman–Crippen LogP) is 6.52. The zero-order valence-corrected chi connectivity index (χ0v) is 21.9. The summed E-state index contributed by atoms with van der Waals surface area (Å²) in [7, 11) is 0. The van der Waals surface area contributed by atoms with E-state index in [1.54, 1.807) is 0 Å². The smallest absolute Gasteiger partial charge is 0.134 e. The van der Waals surface area contributed by atoms with E-state index in [9.17, 15) is 0 Å². The summed E-state index contributed by atoms with van der Waals surface area (Å²) in [6, 6.07) is 25.9. The van der Waals surface area contributed by atoms with Crippen LogP contribution in [-0.4, -0.2) is 38.0 Å². The monoisotopic (exact) mass is 513 g/mol. The van der Waals surface area contributed by atoms with Crippen LogP contribution < -0.4 is 14.2 Å². The lowest BCUT2D eigenvalue weighted by Gasteiger charge is -2.21. The maximum atomic E-state index is 6.32. The number of para-hydroxylation sites is 1. The van der Waals surface area contributed by atoms with Crippen molar-refractivity contribution >= 4 is 10.9 Å². The van der Waals surface area contributed by atoms with Crippen LogP contribution in [0.25, 0.3) is 10.9 Å². The standard InChI is InChI=1S/C32H35NO5/c1-24-31(33-30-13-6-5-12-29(30)32(24)38-22-25-8-3-2-4-9-25)23-37-28-11-7-10-27(20-28)36-19-18-35-21-26-14-16-34-17-15-26/h2-13,20,26H,14-19,21-23H2,1H3. The molecule has 0 amide bonds. The lowest BCUT2D eigenvalue weighted by molar-refractivity contribution is 0.0139. The molecule has 0 radical (unpaired) electrons. The molecule has 6 nitrogen and oxygen atoms in total. The maximum absolute atomic E-state index is 6.32. The second kappa shape index (κ2) is 13.3. The van der Waals surface area contributed by atoms with E-state index in [0.29, 0.717) is 32.3 Å². The molecule has 38 heavy (non-hydrogen) atoms. The molecule has 1 aliphatic rings. The summed E-state index contributed by atoms with van der Waals surface area (Å²) in [6.45, 7) is 6.38. The first kappa shape index (κ1) is 26.0. The molecule has 6 heteroatoms. The van der Waals surface area contributed by atoms with Crippen molar-refractivity contribution in [1.29, 1.82) is 0 Å². The van der Waals surface area contributed by atoms with Gasteiger partial charge in [-0.1, -0.05) is 48.5 Å². The average Bonchev–Trinajstić information content (AvgIpc) is 2.97. The number of hydrogen-bond donors (Lipinski definition) is 0. The highest BCUT2D eigenvalue weighted by atomic mass is 16.5. The molecule has 1 fully saturated rings. The normalized spacial score (nSPS) is 13.9. The summed E-state index contributed by atoms with van der Waals surface area (Å²) in [5.41, 5.74) is 3.84. The Hall–Kier alpha value is -3.61. The van der Waals surface area contributed by atoms with Crippen molar-refractivity contribution in [3.05, 3.63) is 95.7 Å². The van der Waals surface area contributed by atoms with Crippen molar-refractivity contribution in [3.63, 3.8) is 0 Å². The number of fused-ring (bicyclic) bond motifs is 1. The lowest BCUT2D eigenvalue weighted by Crippen LogP contribution is -2.21. The van der Waals surface area contributed by atoms with Crippen molar-refractivity contribution in [2.45, 2.75) is 33.0 Å². The Morgan fingerprint density at radius 1 is 0.789 bits per heavy atom. The second-order valence-electron chi connectivity index (χ2n) is 9.55. The number of nitrogens with zero attached hydrogens (tertiary/aromatic N) is 1. The Bertz CT molecular complexity index is 1300. The van der Waals surface area contributed by atoms with Gasteiger partial charge in [0.2, 0.25) is 0 Å². The van der Waals surface area contributed by atoms with E-state index in [1.165, 1.54) is 0 Å². The molecule has 0 bridgehead atoms. The van der Waals surface area contributed by atoms with Crippen molar-refractivity contribution in [2.24, 2.45) is 5.92 Å². The largest absolute Gasteiger partial charge is 0.491 e. The molecule has 198 valence electrons. The molecule has 0 unspecified atom stereocenters. The highest BCUT2D eigenvalue weighted by Crippen LogP contribution is 2.32. The van der Waals surface area contributed by atoms with Crippen molar-refractivity contribution < 1.29 is 23.7 Å². The van der Waals surface area contributed by atoms with Crippen LogP contribution in [0.4, 0.5) is 0 Å². The molecule has 0 atom stereocenters. The molecular formula is C32H35NO5. The summed E-state index contributed by atoms with van der Waals surface area (Å²) in [5.74, 6) is 2.92. The Morgan fingerprint density at radius 3 is 2.39 bits per heavy atom. The minimum Gasteiger partial charge on any atom is -0.491 e. The summed E-state index contributed by atoms with van der Waals surface area (Å²) in [5, 5.41) is 0.999. The summed E-state index contributed by atoms with van der Waals surface area (Å²) >= 11 is 0. The highest BCUT2D eigenvalue weighted by molar-refractivity contribution is 5.86. The molecule has 1 aliphatic heterocycles. The molecule has 0 saturated carbocycles. The summed E-state index contributed by atoms with van der Waals surface area (Å²) in [4.78, 5) is 4.88. The summed E-state index contributed by atoms with van der Waals surface area (Å²) < 4.78 is 29.6. The predicted molar refractivity (Wildman–Crippen MR) is 148 cm³/mol. The zero-order valence-electron chi connectivity index (χ0n) is 21.9. The molecule has 1 saturated heterocycles. The molecule has 0 spiro atoms. The fourth-order valence-corrected chi connectivity index (χ4v) is 4.57. The van der Waals surface area contributed by atoms with Crippen LogP contribution in [0.5, 0.6) is 17.2 Å². The average molecular weight is 514 g/mol. The number of rotatable bonds is 12. The number of hydrogen-bond acceptors (Lipinski definition) is 6. The van der Waals surface area contributed by atoms with Gasteiger partial charge in [-0.2, -0.15) is 0 Å². The molecule has 0 aliphatic carbocycles. The molecule has 2 heterocycles. The van der Waals surface area contributed by atoms with Crippen LogP contribution in [0.2, 0.25) is 0 Å². The number of aromatic nitrogens is 1. The van der Waals surface area contributed by atoms with Crippen molar-refractivity contribution in [2.75, 3.05) is 33.0 Å². The third-order valence-electron chi connectivity index (χ3n) is 6.78. The van der Waals surface area contributed by atoms with Crippen LogP contribution in [0.1, 0.15) is 29.7 Å². The minimum absolute atomic E-state index is 0.329. The van der Waals surface area contributed by atoms with Gasteiger partial charge < -0.3 is 23.7 Å². The van der Waals surface area contributed by atoms with E-state index in [2.05, 4.69) is 18.2 Å². The number of ether oxygens (including phenoxy) is 5. The maximum Gasteiger partial charge on any atom is 0.134 e. The van der Waals surface area contributed by atoms with Crippen LogP contribution in [0, 0.1) is 12.8 Å². The molecule has 5 rings (SSSR count). The fraction of sp³-hybridized carbons (Fsp3) is 0.344. The van der Waals surface area contributed by atoms with E-state index in [4.69, 9.17) is 28.7 Å². The van der Waals surface area contributed by atoms with E-state index in [-0.39, 0.29) is 0 Å². The van der Waals surface area contributed by atoms with Gasteiger partial charge in [-0.05, 0) is 55.5 Å². The van der Waals surface area contributed by atoms with Crippen LogP contribution >= 0.6 is 0 Å². The van der Waals surface area contributed by atoms with Gasteiger partial charge in [0, 0.05) is 36.8 Å². The van der Waals surface area contributed by atoms with Crippen LogP contribution in [0.3, 0.4) is 0 Å². The lowest BCUT2D eigenvalue weighted by atomic mass is 10.0. The Labute approximate surface area is 224 Å². The third kappa shape index (κ3) is 7.03. The van der Waals surface area contributed by atoms with Crippen LogP contribution in [0.15, 0.2) is 78.9 Å². The van der Waals surface area contributed by atoms with Gasteiger partial charge in [-0.25, -0.2) is 4.98 Å². The number of benzene rings is 3. The quantitative estimate of drug-likeness (QED) is 0.201. The van der Waals surface area contributed by atoms with Gasteiger partial charge >= 0.3 is 0 Å². The van der Waals surface area contributed by atoms with Crippen LogP contribution in [-0.2, 0) is 22.7 Å². The molecule has 4 aromatic rings. The molecule has 3 aromatic carbocycles. The Balaban J connectivity index is 1.19. The van der Waals surface area contributed by atoms with Crippen molar-refractivity contribution in [1.82, 2.24) is 4.98 Å². The van der Waals surface area contributed by atoms with E-state index < -0.39 is 0 Å². The Morgan fingerprint density at radius 2 is 1.55 bits per heavy atom. The van der Waals surface area contributed by atoms with Gasteiger partial charge in [-0.15, -0.1) is 0 Å². The minimum atomic E-state index is 0.329. The highest BCUT2D eigenvalue weighted by Gasteiger charge is 2.15. The topological polar surface area (TPSA) is 59.0 Å². The number of pyridine rings is 1. The van der Waals surface area contributed by atoms with Gasteiger partial charge in [0.25, 0.3) is 0 Å². The van der Waals surface area contributed by atoms with Gasteiger partial charge in [-0.3, -0.25) is 0 Å². The van der Waals surface area contributed by atoms with Gasteiger partial charge in [0.15, 0.2) is 0 Å². The molecule has 1 aromatic heterocycles. The van der Waals surface area contributed by atoms with E-state index in [1.807, 2.05) is 67.6 Å². The Kier molecular flexibility index (Phi) is 9.08. The summed E-state index contributed by atoms with van der Waals surface area (Å²) in [6.07, 6.45) is 2.15. The van der Waals surface area contributed by atoms with E-state index in [0.717, 1.165) is 77.6 Å². The van der Waals surface area contributed by atoms with Gasteiger partial charge in [0.05, 0.1) is 17.8 Å². The van der Waals surface area contributed by atoms with Gasteiger partial charge in [0.1, 0.15) is 37.1 Å². The third-order valence-corrected chi connectivity index (χ3v) is 6.78. The first-order chi connectivity index (χ1) is 18.8.